The van der Waals surface area contributed by atoms with Gasteiger partial charge in [0.2, 0.25) is 0 Å². The van der Waals surface area contributed by atoms with Crippen molar-refractivity contribution in [2.75, 3.05) is 20.8 Å². The number of benzene rings is 2. The first kappa shape index (κ1) is 21.5. The minimum absolute atomic E-state index is 0.0251. The van der Waals surface area contributed by atoms with Crippen LogP contribution in [-0.4, -0.2) is 37.3 Å². The van der Waals surface area contributed by atoms with E-state index in [0.717, 1.165) is 5.82 Å². The van der Waals surface area contributed by atoms with Gasteiger partial charge < -0.3 is 24.2 Å². The van der Waals surface area contributed by atoms with Gasteiger partial charge in [-0.3, -0.25) is 9.36 Å². The van der Waals surface area contributed by atoms with Crippen LogP contribution >= 0.6 is 7.68 Å². The second kappa shape index (κ2) is 8.91. The molecule has 1 unspecified atom stereocenters. The number of hydrogen-bond donors (Lipinski definition) is 2. The Kier molecular flexibility index (Phi) is 6.83. The second-order valence-corrected chi connectivity index (χ2v) is 7.21. The zero-order chi connectivity index (χ0) is 20.9. The lowest BCUT2D eigenvalue weighted by Crippen LogP contribution is -1.93. The first-order valence-corrected chi connectivity index (χ1v) is 9.75. The number of methoxy groups -OCH3 is 2. The van der Waals surface area contributed by atoms with Crippen molar-refractivity contribution in [3.8, 4) is 34.1 Å². The molecular formula is C19H20FO7P. The van der Waals surface area contributed by atoms with Crippen LogP contribution in [0.4, 0.5) is 4.20 Å². The van der Waals surface area contributed by atoms with E-state index in [1.54, 1.807) is 0 Å². The molecule has 0 fully saturated rings. The van der Waals surface area contributed by atoms with Gasteiger partial charge in [0.15, 0.2) is 23.0 Å². The fraction of sp³-hybridized carbons (Fsp3) is 0.211. The van der Waals surface area contributed by atoms with Crippen LogP contribution in [0.5, 0.6) is 23.0 Å². The molecule has 0 radical (unpaired) electrons. The lowest BCUT2D eigenvalue weighted by Gasteiger charge is -2.14. The van der Waals surface area contributed by atoms with Crippen molar-refractivity contribution in [2.24, 2.45) is 0 Å². The fourth-order valence-corrected chi connectivity index (χ4v) is 3.33. The number of halogens is 1. The third kappa shape index (κ3) is 4.71. The van der Waals surface area contributed by atoms with E-state index < -0.39 is 7.68 Å². The molecule has 0 amide bonds. The summed E-state index contributed by atoms with van der Waals surface area (Å²) in [5, 5.41) is 20.9. The number of hydrogen-bond acceptors (Lipinski definition) is 7. The SMILES string of the molecule is CCOP(=O)(F)/C=C/c1cc(OC)c(O)c(-c2cc(C=O)cc(OC)c2O)c1. The molecule has 9 heteroatoms. The van der Waals surface area contributed by atoms with Crippen LogP contribution in [0.25, 0.3) is 17.2 Å². The number of aldehydes is 1. The average molecular weight is 410 g/mol. The highest BCUT2D eigenvalue weighted by Crippen LogP contribution is 2.51. The van der Waals surface area contributed by atoms with Gasteiger partial charge in [0.25, 0.3) is 0 Å². The summed E-state index contributed by atoms with van der Waals surface area (Å²) in [6.07, 6.45) is 1.77. The van der Waals surface area contributed by atoms with Crippen LogP contribution < -0.4 is 9.47 Å². The van der Waals surface area contributed by atoms with Crippen molar-refractivity contribution in [1.29, 1.82) is 0 Å². The molecule has 0 aromatic heterocycles. The molecule has 0 aliphatic carbocycles. The highest BCUT2D eigenvalue weighted by Gasteiger charge is 2.20. The quantitative estimate of drug-likeness (QED) is 0.478. The molecule has 1 atom stereocenters. The van der Waals surface area contributed by atoms with Crippen LogP contribution in [0.3, 0.4) is 0 Å². The van der Waals surface area contributed by atoms with E-state index >= 15 is 0 Å². The summed E-state index contributed by atoms with van der Waals surface area (Å²) in [6.45, 7) is 1.45. The summed E-state index contributed by atoms with van der Waals surface area (Å²) in [6, 6.07) is 5.49. The first-order valence-electron chi connectivity index (χ1n) is 8.17. The Morgan fingerprint density at radius 2 is 1.50 bits per heavy atom. The molecule has 7 nitrogen and oxygen atoms in total. The molecule has 0 saturated heterocycles. The van der Waals surface area contributed by atoms with Gasteiger partial charge in [-0.1, -0.05) is 0 Å². The van der Waals surface area contributed by atoms with E-state index in [1.165, 1.54) is 51.5 Å². The lowest BCUT2D eigenvalue weighted by molar-refractivity contribution is 0.112. The van der Waals surface area contributed by atoms with Gasteiger partial charge in [-0.2, -0.15) is 4.20 Å². The van der Waals surface area contributed by atoms with Crippen molar-refractivity contribution >= 4 is 20.0 Å². The molecular weight excluding hydrogens is 390 g/mol. The Labute approximate surface area is 161 Å². The number of rotatable bonds is 8. The Bertz CT molecular complexity index is 956. The molecule has 2 N–H and O–H groups in total. The molecule has 0 bridgehead atoms. The van der Waals surface area contributed by atoms with E-state index in [0.29, 0.717) is 11.8 Å². The molecule has 0 aliphatic heterocycles. The predicted molar refractivity (Wildman–Crippen MR) is 103 cm³/mol. The van der Waals surface area contributed by atoms with Crippen molar-refractivity contribution in [3.05, 3.63) is 41.2 Å². The summed E-state index contributed by atoms with van der Waals surface area (Å²) >= 11 is 0. The van der Waals surface area contributed by atoms with Gasteiger partial charge in [0.05, 0.1) is 20.8 Å². The Morgan fingerprint density at radius 1 is 1.00 bits per heavy atom. The number of phenols is 2. The standard InChI is InChI=1S/C19H20FO7P/c1-4-27-28(20,24)6-5-12-7-14(18(22)16(9-12)25-2)15-8-13(11-21)10-17(26-3)19(15)23/h5-11,22-23H,4H2,1-3H3/b6-5+. The van der Waals surface area contributed by atoms with E-state index in [9.17, 15) is 23.8 Å². The molecule has 28 heavy (non-hydrogen) atoms. The predicted octanol–water partition coefficient (Wildman–Crippen LogP) is 4.76. The smallest absolute Gasteiger partial charge is 0.390 e. The van der Waals surface area contributed by atoms with Gasteiger partial charge in [-0.15, -0.1) is 0 Å². The molecule has 2 rings (SSSR count). The highest BCUT2D eigenvalue weighted by molar-refractivity contribution is 7.57. The molecule has 2 aromatic rings. The van der Waals surface area contributed by atoms with E-state index in [1.807, 2.05) is 0 Å². The minimum atomic E-state index is -4.42. The lowest BCUT2D eigenvalue weighted by atomic mass is 9.98. The van der Waals surface area contributed by atoms with Crippen molar-refractivity contribution in [3.63, 3.8) is 0 Å². The summed E-state index contributed by atoms with van der Waals surface area (Å²) in [5.41, 5.74) is 0.718. The van der Waals surface area contributed by atoms with Gasteiger partial charge in [0, 0.05) is 22.5 Å². The Balaban J connectivity index is 2.67. The monoisotopic (exact) mass is 410 g/mol. The van der Waals surface area contributed by atoms with E-state index in [2.05, 4.69) is 4.52 Å². The zero-order valence-corrected chi connectivity index (χ0v) is 16.4. The van der Waals surface area contributed by atoms with Gasteiger partial charge in [-0.25, -0.2) is 0 Å². The number of aromatic hydroxyl groups is 2. The number of carbonyl (C=O) groups is 1. The third-order valence-electron chi connectivity index (χ3n) is 3.81. The highest BCUT2D eigenvalue weighted by atomic mass is 31.2. The Hall–Kier alpha value is -2.83. The normalized spacial score (nSPS) is 13.3. The number of ether oxygens (including phenoxy) is 2. The maximum atomic E-state index is 13.8. The molecule has 0 saturated carbocycles. The molecule has 0 heterocycles. The van der Waals surface area contributed by atoms with E-state index in [4.69, 9.17) is 9.47 Å². The van der Waals surface area contributed by atoms with Crippen molar-refractivity contribution in [2.45, 2.75) is 6.92 Å². The minimum Gasteiger partial charge on any atom is -0.504 e. The van der Waals surface area contributed by atoms with Crippen LogP contribution in [-0.2, 0) is 9.09 Å². The molecule has 2 aromatic carbocycles. The zero-order valence-electron chi connectivity index (χ0n) is 15.5. The van der Waals surface area contributed by atoms with Crippen LogP contribution in [0.1, 0.15) is 22.8 Å². The van der Waals surface area contributed by atoms with Gasteiger partial charge in [-0.05, 0) is 42.8 Å². The fourth-order valence-electron chi connectivity index (χ4n) is 2.54. The first-order chi connectivity index (χ1) is 13.3. The maximum absolute atomic E-state index is 13.8. The molecule has 150 valence electrons. The average Bonchev–Trinajstić information content (AvgIpc) is 2.67. The maximum Gasteiger partial charge on any atom is 0.390 e. The number of carbonyl (C=O) groups excluding carboxylic acids is 1. The largest absolute Gasteiger partial charge is 0.504 e. The molecule has 0 spiro atoms. The summed E-state index contributed by atoms with van der Waals surface area (Å²) in [4.78, 5) is 11.2. The van der Waals surface area contributed by atoms with Crippen molar-refractivity contribution in [1.82, 2.24) is 0 Å². The van der Waals surface area contributed by atoms with Crippen LogP contribution in [0.15, 0.2) is 30.1 Å². The van der Waals surface area contributed by atoms with Crippen LogP contribution in [0, 0.1) is 0 Å². The molecule has 0 aliphatic rings. The number of phenolic OH excluding ortho intramolecular Hbond substituents is 2. The third-order valence-corrected chi connectivity index (χ3v) is 4.93. The second-order valence-electron chi connectivity index (χ2n) is 5.61. The van der Waals surface area contributed by atoms with Crippen LogP contribution in [0.2, 0.25) is 0 Å². The summed E-state index contributed by atoms with van der Waals surface area (Å²) in [5.74, 6) is 0.222. The summed E-state index contributed by atoms with van der Waals surface area (Å²) < 4.78 is 40.2. The van der Waals surface area contributed by atoms with Gasteiger partial charge in [0.1, 0.15) is 6.29 Å². The van der Waals surface area contributed by atoms with E-state index in [-0.39, 0.29) is 46.3 Å². The van der Waals surface area contributed by atoms with Gasteiger partial charge >= 0.3 is 7.68 Å². The Morgan fingerprint density at radius 3 is 1.96 bits per heavy atom. The van der Waals surface area contributed by atoms with Crippen molar-refractivity contribution < 1.29 is 37.8 Å². The topological polar surface area (TPSA) is 102 Å². The summed E-state index contributed by atoms with van der Waals surface area (Å²) in [7, 11) is -1.78.